The molecule has 1 fully saturated rings. The second kappa shape index (κ2) is 7.93. The van der Waals surface area contributed by atoms with Gasteiger partial charge in [-0.1, -0.05) is 33.6 Å². The van der Waals surface area contributed by atoms with Gasteiger partial charge in [-0.05, 0) is 45.1 Å². The lowest BCUT2D eigenvalue weighted by Gasteiger charge is -2.38. The summed E-state index contributed by atoms with van der Waals surface area (Å²) in [6.07, 6.45) is 1.08. The summed E-state index contributed by atoms with van der Waals surface area (Å²) in [6, 6.07) is 7.09. The Hall–Kier alpha value is -0.130. The number of hydrogen-bond acceptors (Lipinski definition) is 3. The number of nitrogens with zero attached hydrogens (tertiary/aromatic N) is 2. The predicted molar refractivity (Wildman–Crippen MR) is 94.1 cm³/mol. The Morgan fingerprint density at radius 1 is 1.43 bits per heavy atom. The molecule has 1 saturated heterocycles. The van der Waals surface area contributed by atoms with Crippen LogP contribution in [0.5, 0.6) is 0 Å². The third-order valence-electron chi connectivity index (χ3n) is 4.46. The van der Waals surface area contributed by atoms with Gasteiger partial charge in [0.05, 0.1) is 0 Å². The first-order valence-corrected chi connectivity index (χ1v) is 8.73. The summed E-state index contributed by atoms with van der Waals surface area (Å²) in [7, 11) is 4.22. The SMILES string of the molecule is CNC(CCN1CCN(C)C(C)C1)c1ccc(Br)cc1Cl. The molecule has 0 aromatic heterocycles. The summed E-state index contributed by atoms with van der Waals surface area (Å²) in [5.74, 6) is 0. The zero-order chi connectivity index (χ0) is 15.4. The summed E-state index contributed by atoms with van der Waals surface area (Å²) in [5.41, 5.74) is 1.18. The van der Waals surface area contributed by atoms with Gasteiger partial charge in [0.25, 0.3) is 0 Å². The van der Waals surface area contributed by atoms with Crippen LogP contribution in [0.25, 0.3) is 0 Å². The topological polar surface area (TPSA) is 18.5 Å². The molecule has 118 valence electrons. The lowest BCUT2D eigenvalue weighted by molar-refractivity contribution is 0.102. The Morgan fingerprint density at radius 3 is 2.81 bits per heavy atom. The van der Waals surface area contributed by atoms with E-state index < -0.39 is 0 Å². The molecule has 0 bridgehead atoms. The fourth-order valence-corrected chi connectivity index (χ4v) is 3.68. The molecule has 21 heavy (non-hydrogen) atoms. The van der Waals surface area contributed by atoms with Gasteiger partial charge in [0.15, 0.2) is 0 Å². The number of hydrogen-bond donors (Lipinski definition) is 1. The van der Waals surface area contributed by atoms with Gasteiger partial charge in [-0.2, -0.15) is 0 Å². The largest absolute Gasteiger partial charge is 0.313 e. The lowest BCUT2D eigenvalue weighted by atomic mass is 10.0. The highest BCUT2D eigenvalue weighted by atomic mass is 79.9. The van der Waals surface area contributed by atoms with Gasteiger partial charge >= 0.3 is 0 Å². The van der Waals surface area contributed by atoms with Crippen molar-refractivity contribution in [2.75, 3.05) is 40.3 Å². The van der Waals surface area contributed by atoms with E-state index in [-0.39, 0.29) is 0 Å². The summed E-state index contributed by atoms with van der Waals surface area (Å²) in [5, 5.41) is 4.23. The third kappa shape index (κ3) is 4.67. The average molecular weight is 375 g/mol. The summed E-state index contributed by atoms with van der Waals surface area (Å²) < 4.78 is 1.03. The van der Waals surface area contributed by atoms with Crippen molar-refractivity contribution < 1.29 is 0 Å². The normalized spacial score (nSPS) is 22.4. The Balaban J connectivity index is 1.93. The summed E-state index contributed by atoms with van der Waals surface area (Å²) in [4.78, 5) is 4.99. The van der Waals surface area contributed by atoms with E-state index in [1.54, 1.807) is 0 Å². The number of halogens is 2. The molecule has 2 rings (SSSR count). The van der Waals surface area contributed by atoms with Crippen molar-refractivity contribution in [2.24, 2.45) is 0 Å². The number of piperazine rings is 1. The van der Waals surface area contributed by atoms with Crippen molar-refractivity contribution in [1.29, 1.82) is 0 Å². The standard InChI is InChI=1S/C16H25BrClN3/c1-12-11-21(9-8-20(12)3)7-6-16(19-2)14-5-4-13(17)10-15(14)18/h4-5,10,12,16,19H,6-9,11H2,1-3H3. The van der Waals surface area contributed by atoms with Crippen LogP contribution in [-0.4, -0.2) is 56.1 Å². The van der Waals surface area contributed by atoms with Gasteiger partial charge in [0, 0.05) is 47.8 Å². The number of benzene rings is 1. The van der Waals surface area contributed by atoms with E-state index in [0.29, 0.717) is 12.1 Å². The van der Waals surface area contributed by atoms with Crippen LogP contribution < -0.4 is 5.32 Å². The highest BCUT2D eigenvalue weighted by molar-refractivity contribution is 9.10. The van der Waals surface area contributed by atoms with Crippen molar-refractivity contribution in [2.45, 2.75) is 25.4 Å². The first-order valence-electron chi connectivity index (χ1n) is 7.56. The second-order valence-corrected chi connectivity index (χ2v) is 7.25. The average Bonchev–Trinajstić information content (AvgIpc) is 2.45. The fraction of sp³-hybridized carbons (Fsp3) is 0.625. The molecule has 1 aliphatic heterocycles. The summed E-state index contributed by atoms with van der Waals surface area (Å²) >= 11 is 9.84. The Labute approximate surface area is 141 Å². The Kier molecular flexibility index (Phi) is 6.51. The molecule has 0 amide bonds. The van der Waals surface area contributed by atoms with Crippen molar-refractivity contribution in [3.63, 3.8) is 0 Å². The Morgan fingerprint density at radius 2 is 2.19 bits per heavy atom. The minimum atomic E-state index is 0.306. The zero-order valence-electron chi connectivity index (χ0n) is 13.1. The quantitative estimate of drug-likeness (QED) is 0.852. The monoisotopic (exact) mass is 373 g/mol. The fourth-order valence-electron chi connectivity index (χ4n) is 2.88. The maximum Gasteiger partial charge on any atom is 0.0465 e. The highest BCUT2D eigenvalue weighted by Crippen LogP contribution is 2.28. The van der Waals surface area contributed by atoms with Crippen LogP contribution in [0, 0.1) is 0 Å². The van der Waals surface area contributed by atoms with Crippen LogP contribution in [-0.2, 0) is 0 Å². The smallest absolute Gasteiger partial charge is 0.0465 e. The molecule has 0 saturated carbocycles. The van der Waals surface area contributed by atoms with E-state index in [4.69, 9.17) is 11.6 Å². The van der Waals surface area contributed by atoms with Crippen LogP contribution in [0.2, 0.25) is 5.02 Å². The molecule has 2 atom stereocenters. The maximum atomic E-state index is 6.38. The molecule has 0 radical (unpaired) electrons. The lowest BCUT2D eigenvalue weighted by Crippen LogP contribution is -2.50. The van der Waals surface area contributed by atoms with Crippen LogP contribution in [0.15, 0.2) is 22.7 Å². The molecule has 5 heteroatoms. The van der Waals surface area contributed by atoms with Crippen LogP contribution in [0.4, 0.5) is 0 Å². The molecule has 1 heterocycles. The van der Waals surface area contributed by atoms with Gasteiger partial charge in [0.1, 0.15) is 0 Å². The molecular weight excluding hydrogens is 350 g/mol. The molecule has 2 unspecified atom stereocenters. The molecule has 1 aliphatic rings. The van der Waals surface area contributed by atoms with E-state index in [1.807, 2.05) is 13.1 Å². The van der Waals surface area contributed by atoms with Crippen molar-refractivity contribution in [1.82, 2.24) is 15.1 Å². The zero-order valence-corrected chi connectivity index (χ0v) is 15.4. The molecule has 3 nitrogen and oxygen atoms in total. The van der Waals surface area contributed by atoms with Gasteiger partial charge in [0.2, 0.25) is 0 Å². The van der Waals surface area contributed by atoms with Gasteiger partial charge < -0.3 is 15.1 Å². The van der Waals surface area contributed by atoms with E-state index in [0.717, 1.165) is 42.1 Å². The van der Waals surface area contributed by atoms with Crippen LogP contribution >= 0.6 is 27.5 Å². The van der Waals surface area contributed by atoms with Crippen molar-refractivity contribution >= 4 is 27.5 Å². The third-order valence-corrected chi connectivity index (χ3v) is 5.28. The van der Waals surface area contributed by atoms with Gasteiger partial charge in [-0.25, -0.2) is 0 Å². The molecule has 0 spiro atoms. The Bertz CT molecular complexity index is 469. The van der Waals surface area contributed by atoms with Gasteiger partial charge in [-0.15, -0.1) is 0 Å². The minimum Gasteiger partial charge on any atom is -0.313 e. The molecule has 1 aromatic carbocycles. The maximum absolute atomic E-state index is 6.38. The second-order valence-electron chi connectivity index (χ2n) is 5.93. The predicted octanol–water partition coefficient (Wildman–Crippen LogP) is 3.39. The van der Waals surface area contributed by atoms with Crippen molar-refractivity contribution in [3.05, 3.63) is 33.3 Å². The number of likely N-dealkylation sites (N-methyl/N-ethyl adjacent to an activating group) is 1. The first kappa shape index (κ1) is 17.2. The van der Waals surface area contributed by atoms with Crippen LogP contribution in [0.3, 0.4) is 0 Å². The first-order chi connectivity index (χ1) is 10.0. The van der Waals surface area contributed by atoms with E-state index in [9.17, 15) is 0 Å². The van der Waals surface area contributed by atoms with Crippen LogP contribution in [0.1, 0.15) is 24.9 Å². The number of nitrogens with one attached hydrogen (secondary N) is 1. The molecular formula is C16H25BrClN3. The summed E-state index contributed by atoms with van der Waals surface area (Å²) in [6.45, 7) is 6.88. The molecule has 1 aromatic rings. The van der Waals surface area contributed by atoms with E-state index in [1.165, 1.54) is 5.56 Å². The highest BCUT2D eigenvalue weighted by Gasteiger charge is 2.21. The number of rotatable bonds is 5. The van der Waals surface area contributed by atoms with Gasteiger partial charge in [-0.3, -0.25) is 0 Å². The van der Waals surface area contributed by atoms with Crippen molar-refractivity contribution in [3.8, 4) is 0 Å². The molecule has 1 N–H and O–H groups in total. The van der Waals surface area contributed by atoms with E-state index in [2.05, 4.69) is 57.2 Å². The van der Waals surface area contributed by atoms with E-state index >= 15 is 0 Å². The minimum absolute atomic E-state index is 0.306. The molecule has 0 aliphatic carbocycles.